The minimum atomic E-state index is -1.02. The Kier molecular flexibility index (Phi) is 4.26. The molecule has 2 aromatic rings. The average Bonchev–Trinajstić information content (AvgIpc) is 3.33. The number of fused-ring (bicyclic) bond motifs is 1. The molecule has 1 unspecified atom stereocenters. The van der Waals surface area contributed by atoms with Gasteiger partial charge in [0.25, 0.3) is 5.91 Å². The van der Waals surface area contributed by atoms with Crippen molar-refractivity contribution in [2.24, 2.45) is 0 Å². The number of carbonyl (C=O) groups excluding carboxylic acids is 1. The van der Waals surface area contributed by atoms with Crippen molar-refractivity contribution in [2.45, 2.75) is 64.6 Å². The van der Waals surface area contributed by atoms with Crippen LogP contribution in [0, 0.1) is 13.8 Å². The number of aryl methyl sites for hydroxylation is 2. The fourth-order valence-corrected chi connectivity index (χ4v) is 5.02. The molecule has 0 bridgehead atoms. The van der Waals surface area contributed by atoms with Gasteiger partial charge in [-0.05, 0) is 26.7 Å². The summed E-state index contributed by atoms with van der Waals surface area (Å²) in [5.74, 6) is 0.420. The van der Waals surface area contributed by atoms with Crippen LogP contribution in [0.5, 0.6) is 0 Å². The van der Waals surface area contributed by atoms with E-state index in [-0.39, 0.29) is 19.0 Å². The van der Waals surface area contributed by atoms with Crippen molar-refractivity contribution in [3.8, 4) is 0 Å². The number of aromatic nitrogens is 4. The van der Waals surface area contributed by atoms with Gasteiger partial charge in [-0.1, -0.05) is 12.8 Å². The number of aliphatic carboxylic acids is 1. The number of thiazole rings is 1. The lowest BCUT2D eigenvalue weighted by atomic mass is 10.1. The van der Waals surface area contributed by atoms with Gasteiger partial charge in [-0.25, -0.2) is 9.78 Å². The normalized spacial score (nSPS) is 20.4. The zero-order valence-corrected chi connectivity index (χ0v) is 15.6. The number of rotatable bonds is 3. The molecule has 138 valence electrons. The van der Waals surface area contributed by atoms with E-state index in [1.165, 1.54) is 29.1 Å². The molecule has 0 aromatic carbocycles. The van der Waals surface area contributed by atoms with Crippen LogP contribution in [0.25, 0.3) is 0 Å². The molecule has 8 nitrogen and oxygen atoms in total. The number of carboxylic acid groups (broad SMARTS) is 1. The van der Waals surface area contributed by atoms with Gasteiger partial charge in [-0.15, -0.1) is 21.5 Å². The van der Waals surface area contributed by atoms with Crippen LogP contribution in [-0.2, 0) is 17.9 Å². The predicted octanol–water partition coefficient (Wildman–Crippen LogP) is 2.12. The number of carbonyl (C=O) groups is 2. The van der Waals surface area contributed by atoms with Crippen molar-refractivity contribution < 1.29 is 14.7 Å². The highest BCUT2D eigenvalue weighted by molar-refractivity contribution is 7.13. The van der Waals surface area contributed by atoms with Gasteiger partial charge < -0.3 is 14.6 Å². The van der Waals surface area contributed by atoms with Crippen LogP contribution in [0.15, 0.2) is 0 Å². The van der Waals surface area contributed by atoms with E-state index in [1.807, 2.05) is 6.92 Å². The molecule has 1 amide bonds. The highest BCUT2D eigenvalue weighted by Crippen LogP contribution is 2.37. The molecule has 0 spiro atoms. The minimum Gasteiger partial charge on any atom is -0.480 e. The fraction of sp³-hybridized carbons (Fsp3) is 0.588. The van der Waals surface area contributed by atoms with E-state index in [0.717, 1.165) is 17.8 Å². The number of hydrogen-bond donors (Lipinski definition) is 1. The molecule has 1 fully saturated rings. The van der Waals surface area contributed by atoms with Crippen molar-refractivity contribution in [3.05, 3.63) is 27.2 Å². The van der Waals surface area contributed by atoms with Gasteiger partial charge >= 0.3 is 5.97 Å². The molecule has 26 heavy (non-hydrogen) atoms. The van der Waals surface area contributed by atoms with Gasteiger partial charge in [0.2, 0.25) is 0 Å². The molecular weight excluding hydrogens is 354 g/mol. The predicted molar refractivity (Wildman–Crippen MR) is 94.1 cm³/mol. The molecule has 0 radical (unpaired) electrons. The highest BCUT2D eigenvalue weighted by atomic mass is 32.1. The highest BCUT2D eigenvalue weighted by Gasteiger charge is 2.38. The Morgan fingerprint density at radius 2 is 1.92 bits per heavy atom. The molecule has 1 aliphatic carbocycles. The zero-order valence-electron chi connectivity index (χ0n) is 14.8. The summed E-state index contributed by atoms with van der Waals surface area (Å²) >= 11 is 1.42. The Hall–Kier alpha value is -2.29. The Bertz CT molecular complexity index is 868. The summed E-state index contributed by atoms with van der Waals surface area (Å²) in [4.78, 5) is 31.5. The van der Waals surface area contributed by atoms with Gasteiger partial charge in [0.1, 0.15) is 16.7 Å². The third-order valence-electron chi connectivity index (χ3n) is 5.31. The van der Waals surface area contributed by atoms with Crippen LogP contribution < -0.4 is 0 Å². The second-order valence-electron chi connectivity index (χ2n) is 7.01. The average molecular weight is 375 g/mol. The van der Waals surface area contributed by atoms with Gasteiger partial charge in [0.05, 0.1) is 23.8 Å². The number of carboxylic acids is 1. The maximum Gasteiger partial charge on any atom is 0.328 e. The van der Waals surface area contributed by atoms with E-state index in [0.29, 0.717) is 28.1 Å². The van der Waals surface area contributed by atoms with Gasteiger partial charge in [0.15, 0.2) is 5.82 Å². The topological polar surface area (TPSA) is 101 Å². The third-order valence-corrected chi connectivity index (χ3v) is 6.62. The summed E-state index contributed by atoms with van der Waals surface area (Å²) < 4.78 is 1.77. The first-order chi connectivity index (χ1) is 12.5. The standard InChI is InChI=1S/C17H21N5O3S/c1-9-14(26-15(18-9)11-5-3-4-6-11)16(23)22-8-13-20-19-10(2)21(13)7-12(22)17(24)25/h11-12H,3-8H2,1-2H3,(H,24,25). The Morgan fingerprint density at radius 1 is 1.19 bits per heavy atom. The van der Waals surface area contributed by atoms with Crippen LogP contribution >= 0.6 is 11.3 Å². The lowest BCUT2D eigenvalue weighted by molar-refractivity contribution is -0.143. The molecule has 1 atom stereocenters. The first-order valence-electron chi connectivity index (χ1n) is 8.85. The van der Waals surface area contributed by atoms with Gasteiger partial charge in [0, 0.05) is 5.92 Å². The van der Waals surface area contributed by atoms with Crippen LogP contribution in [0.3, 0.4) is 0 Å². The lowest BCUT2D eigenvalue weighted by Gasteiger charge is -2.33. The van der Waals surface area contributed by atoms with Crippen LogP contribution in [0.4, 0.5) is 0 Å². The number of nitrogens with zero attached hydrogens (tertiary/aromatic N) is 5. The van der Waals surface area contributed by atoms with E-state index >= 15 is 0 Å². The molecule has 2 aliphatic rings. The van der Waals surface area contributed by atoms with Crippen molar-refractivity contribution in [1.29, 1.82) is 0 Å². The van der Waals surface area contributed by atoms with Crippen LogP contribution in [-0.4, -0.2) is 47.7 Å². The molecule has 3 heterocycles. The second kappa shape index (κ2) is 6.46. The molecule has 4 rings (SSSR count). The molecule has 9 heteroatoms. The maximum absolute atomic E-state index is 13.2. The summed E-state index contributed by atoms with van der Waals surface area (Å²) in [5, 5.41) is 18.7. The Labute approximate surface area is 154 Å². The summed E-state index contributed by atoms with van der Waals surface area (Å²) in [5.41, 5.74) is 0.689. The first-order valence-corrected chi connectivity index (χ1v) is 9.67. The fourth-order valence-electron chi connectivity index (χ4n) is 3.83. The molecule has 1 aliphatic heterocycles. The van der Waals surface area contributed by atoms with E-state index in [1.54, 1.807) is 11.5 Å². The molecule has 1 N–H and O–H groups in total. The smallest absolute Gasteiger partial charge is 0.328 e. The van der Waals surface area contributed by atoms with Crippen molar-refractivity contribution in [3.63, 3.8) is 0 Å². The molecule has 2 aromatic heterocycles. The maximum atomic E-state index is 13.2. The summed E-state index contributed by atoms with van der Waals surface area (Å²) in [6.45, 7) is 3.93. The summed E-state index contributed by atoms with van der Waals surface area (Å²) in [7, 11) is 0. The Balaban J connectivity index is 1.65. The van der Waals surface area contributed by atoms with Crippen LogP contribution in [0.1, 0.15) is 63.6 Å². The number of amides is 1. The molecule has 1 saturated carbocycles. The SMILES string of the molecule is Cc1nc(C2CCCC2)sc1C(=O)N1Cc2nnc(C)n2CC1C(=O)O. The monoisotopic (exact) mass is 375 g/mol. The second-order valence-corrected chi connectivity index (χ2v) is 8.04. The zero-order chi connectivity index (χ0) is 18.4. The molecular formula is C17H21N5O3S. The van der Waals surface area contributed by atoms with Gasteiger partial charge in [-0.2, -0.15) is 0 Å². The molecule has 0 saturated heterocycles. The van der Waals surface area contributed by atoms with Crippen molar-refractivity contribution in [1.82, 2.24) is 24.6 Å². The van der Waals surface area contributed by atoms with E-state index < -0.39 is 12.0 Å². The quantitative estimate of drug-likeness (QED) is 0.882. The minimum absolute atomic E-state index is 0.146. The van der Waals surface area contributed by atoms with Crippen molar-refractivity contribution in [2.75, 3.05) is 0 Å². The third kappa shape index (κ3) is 2.80. The van der Waals surface area contributed by atoms with Crippen molar-refractivity contribution >= 4 is 23.2 Å². The Morgan fingerprint density at radius 3 is 2.62 bits per heavy atom. The lowest BCUT2D eigenvalue weighted by Crippen LogP contribution is -2.50. The summed E-state index contributed by atoms with van der Waals surface area (Å²) in [6, 6.07) is -0.930. The summed E-state index contributed by atoms with van der Waals surface area (Å²) in [6.07, 6.45) is 4.64. The first kappa shape index (κ1) is 17.1. The number of hydrogen-bond acceptors (Lipinski definition) is 6. The largest absolute Gasteiger partial charge is 0.480 e. The van der Waals surface area contributed by atoms with E-state index in [4.69, 9.17) is 0 Å². The van der Waals surface area contributed by atoms with Crippen LogP contribution in [0.2, 0.25) is 0 Å². The van der Waals surface area contributed by atoms with E-state index in [9.17, 15) is 14.7 Å². The van der Waals surface area contributed by atoms with Gasteiger partial charge in [-0.3, -0.25) is 4.79 Å². The van der Waals surface area contributed by atoms with E-state index in [2.05, 4.69) is 15.2 Å².